The van der Waals surface area contributed by atoms with E-state index in [0.29, 0.717) is 11.5 Å². The minimum absolute atomic E-state index is 0.133. The molecule has 0 aliphatic heterocycles. The van der Waals surface area contributed by atoms with Crippen LogP contribution in [0.4, 0.5) is 0 Å². The number of hydrogen-bond donors (Lipinski definition) is 0. The van der Waals surface area contributed by atoms with Crippen LogP contribution in [0.5, 0.6) is 0 Å². The van der Waals surface area contributed by atoms with Gasteiger partial charge in [-0.3, -0.25) is 4.79 Å². The quantitative estimate of drug-likeness (QED) is 0.533. The minimum Gasteiger partial charge on any atom is -0.336 e. The summed E-state index contributed by atoms with van der Waals surface area (Å²) in [6.07, 6.45) is 10.8. The molecular formula is C21H30N2OS. The predicted molar refractivity (Wildman–Crippen MR) is 107 cm³/mol. The molecule has 0 N–H and O–H groups in total. The number of nitrogens with zero attached hydrogens (tertiary/aromatic N) is 2. The van der Waals surface area contributed by atoms with Crippen molar-refractivity contribution in [2.24, 2.45) is 0 Å². The van der Waals surface area contributed by atoms with E-state index >= 15 is 0 Å². The SMILES string of the molecule is CCCCCCC(=O)SC(Cn1ccnc1)c1c(C)cc(C)cc1C. The Morgan fingerprint density at radius 1 is 1.16 bits per heavy atom. The number of rotatable bonds is 9. The maximum Gasteiger partial charge on any atom is 0.189 e. The summed E-state index contributed by atoms with van der Waals surface area (Å²) in [5, 5.41) is 0.439. The molecule has 4 heteroatoms. The van der Waals surface area contributed by atoms with E-state index in [2.05, 4.69) is 49.4 Å². The first kappa shape index (κ1) is 19.8. The molecule has 0 fully saturated rings. The van der Waals surface area contributed by atoms with Gasteiger partial charge in [-0.15, -0.1) is 0 Å². The average molecular weight is 359 g/mol. The minimum atomic E-state index is 0.133. The summed E-state index contributed by atoms with van der Waals surface area (Å²) in [5.41, 5.74) is 5.12. The molecule has 2 rings (SSSR count). The predicted octanol–water partition coefficient (Wildman–Crippen LogP) is 5.78. The van der Waals surface area contributed by atoms with Gasteiger partial charge in [-0.1, -0.05) is 55.6 Å². The average Bonchev–Trinajstić information content (AvgIpc) is 3.03. The molecule has 0 amide bonds. The highest BCUT2D eigenvalue weighted by Crippen LogP contribution is 2.36. The second kappa shape index (κ2) is 9.81. The first-order valence-corrected chi connectivity index (χ1v) is 10.1. The van der Waals surface area contributed by atoms with Gasteiger partial charge in [0, 0.05) is 25.4 Å². The van der Waals surface area contributed by atoms with E-state index in [9.17, 15) is 4.79 Å². The maximum atomic E-state index is 12.5. The van der Waals surface area contributed by atoms with E-state index in [4.69, 9.17) is 0 Å². The highest BCUT2D eigenvalue weighted by molar-refractivity contribution is 8.13. The molecule has 2 aromatic rings. The van der Waals surface area contributed by atoms with Crippen molar-refractivity contribution < 1.29 is 4.79 Å². The monoisotopic (exact) mass is 358 g/mol. The fourth-order valence-corrected chi connectivity index (χ4v) is 4.70. The van der Waals surface area contributed by atoms with Crippen LogP contribution in [0.15, 0.2) is 30.9 Å². The van der Waals surface area contributed by atoms with Gasteiger partial charge >= 0.3 is 0 Å². The third-order valence-corrected chi connectivity index (χ3v) is 5.64. The molecule has 1 aromatic carbocycles. The Bertz CT molecular complexity index is 656. The molecular weight excluding hydrogens is 328 g/mol. The van der Waals surface area contributed by atoms with Crippen molar-refractivity contribution in [3.63, 3.8) is 0 Å². The van der Waals surface area contributed by atoms with Gasteiger partial charge in [-0.2, -0.15) is 0 Å². The topological polar surface area (TPSA) is 34.9 Å². The summed E-state index contributed by atoms with van der Waals surface area (Å²) in [5.74, 6) is 0. The van der Waals surface area contributed by atoms with Crippen LogP contribution >= 0.6 is 11.8 Å². The zero-order chi connectivity index (χ0) is 18.2. The van der Waals surface area contributed by atoms with E-state index in [0.717, 1.165) is 19.4 Å². The summed E-state index contributed by atoms with van der Waals surface area (Å²) < 4.78 is 2.07. The highest BCUT2D eigenvalue weighted by Gasteiger charge is 2.21. The Morgan fingerprint density at radius 2 is 1.88 bits per heavy atom. The lowest BCUT2D eigenvalue weighted by atomic mass is 9.97. The van der Waals surface area contributed by atoms with Crippen molar-refractivity contribution >= 4 is 16.9 Å². The van der Waals surface area contributed by atoms with Crippen LogP contribution in [-0.2, 0) is 11.3 Å². The maximum absolute atomic E-state index is 12.5. The lowest BCUT2D eigenvalue weighted by molar-refractivity contribution is -0.111. The molecule has 3 nitrogen and oxygen atoms in total. The Kier molecular flexibility index (Phi) is 7.76. The van der Waals surface area contributed by atoms with E-state index in [1.165, 1.54) is 46.9 Å². The zero-order valence-electron chi connectivity index (χ0n) is 15.9. The fraction of sp³-hybridized carbons (Fsp3) is 0.524. The molecule has 1 atom stereocenters. The Labute approximate surface area is 156 Å². The first-order valence-electron chi connectivity index (χ1n) is 9.24. The molecule has 1 unspecified atom stereocenters. The number of hydrogen-bond acceptors (Lipinski definition) is 3. The van der Waals surface area contributed by atoms with Gasteiger partial charge in [0.1, 0.15) is 0 Å². The van der Waals surface area contributed by atoms with Crippen LogP contribution in [0.2, 0.25) is 0 Å². The van der Waals surface area contributed by atoms with E-state index in [-0.39, 0.29) is 5.25 Å². The zero-order valence-corrected chi connectivity index (χ0v) is 16.7. The second-order valence-electron chi connectivity index (χ2n) is 6.86. The molecule has 25 heavy (non-hydrogen) atoms. The normalized spacial score (nSPS) is 12.3. The standard InChI is InChI=1S/C21H30N2OS/c1-5-6-7-8-9-20(24)25-19(14-23-11-10-22-15-23)21-17(3)12-16(2)13-18(21)4/h10-13,15,19H,5-9,14H2,1-4H3. The van der Waals surface area contributed by atoms with Gasteiger partial charge in [0.15, 0.2) is 5.12 Å². The van der Waals surface area contributed by atoms with E-state index < -0.39 is 0 Å². The van der Waals surface area contributed by atoms with Crippen molar-refractivity contribution in [1.82, 2.24) is 9.55 Å². The number of carbonyl (C=O) groups excluding carboxylic acids is 1. The highest BCUT2D eigenvalue weighted by atomic mass is 32.2. The van der Waals surface area contributed by atoms with Crippen LogP contribution in [0.25, 0.3) is 0 Å². The smallest absolute Gasteiger partial charge is 0.189 e. The molecule has 0 saturated heterocycles. The van der Waals surface area contributed by atoms with Gasteiger partial charge in [0.05, 0.1) is 11.6 Å². The third-order valence-electron chi connectivity index (χ3n) is 4.50. The Hall–Kier alpha value is -1.55. The van der Waals surface area contributed by atoms with Gasteiger partial charge in [-0.05, 0) is 43.9 Å². The molecule has 0 saturated carbocycles. The fourth-order valence-electron chi connectivity index (χ4n) is 3.39. The second-order valence-corrected chi connectivity index (χ2v) is 8.12. The van der Waals surface area contributed by atoms with Crippen LogP contribution in [-0.4, -0.2) is 14.7 Å². The first-order chi connectivity index (χ1) is 12.0. The molecule has 1 aromatic heterocycles. The summed E-state index contributed by atoms with van der Waals surface area (Å²) >= 11 is 1.50. The molecule has 1 heterocycles. The van der Waals surface area contributed by atoms with Crippen LogP contribution < -0.4 is 0 Å². The van der Waals surface area contributed by atoms with Crippen LogP contribution in [0, 0.1) is 20.8 Å². The van der Waals surface area contributed by atoms with E-state index in [1.807, 2.05) is 12.5 Å². The third kappa shape index (κ3) is 6.03. The lowest BCUT2D eigenvalue weighted by Gasteiger charge is -2.22. The summed E-state index contributed by atoms with van der Waals surface area (Å²) in [7, 11) is 0. The Morgan fingerprint density at radius 3 is 2.48 bits per heavy atom. The largest absolute Gasteiger partial charge is 0.336 e. The molecule has 0 radical (unpaired) electrons. The van der Waals surface area contributed by atoms with Crippen molar-refractivity contribution in [3.8, 4) is 0 Å². The van der Waals surface area contributed by atoms with Crippen LogP contribution in [0.1, 0.15) is 66.5 Å². The Balaban J connectivity index is 2.15. The van der Waals surface area contributed by atoms with Crippen molar-refractivity contribution in [1.29, 1.82) is 0 Å². The number of carbonyl (C=O) groups is 1. The number of aromatic nitrogens is 2. The number of aryl methyl sites for hydroxylation is 3. The molecule has 136 valence electrons. The molecule has 0 spiro atoms. The van der Waals surface area contributed by atoms with Crippen molar-refractivity contribution in [2.45, 2.75) is 71.6 Å². The van der Waals surface area contributed by atoms with Crippen LogP contribution in [0.3, 0.4) is 0 Å². The number of thioether (sulfide) groups is 1. The summed E-state index contributed by atoms with van der Waals surface area (Å²) in [4.78, 5) is 16.7. The number of benzene rings is 1. The van der Waals surface area contributed by atoms with Crippen molar-refractivity contribution in [3.05, 3.63) is 53.1 Å². The number of imidazole rings is 1. The molecule has 0 aliphatic carbocycles. The van der Waals surface area contributed by atoms with Gasteiger partial charge < -0.3 is 4.57 Å². The number of unbranched alkanes of at least 4 members (excludes halogenated alkanes) is 3. The van der Waals surface area contributed by atoms with Gasteiger partial charge in [-0.25, -0.2) is 4.98 Å². The molecule has 0 aliphatic rings. The lowest BCUT2D eigenvalue weighted by Crippen LogP contribution is -2.11. The summed E-state index contributed by atoms with van der Waals surface area (Å²) in [6.45, 7) is 9.41. The molecule has 0 bridgehead atoms. The van der Waals surface area contributed by atoms with Crippen molar-refractivity contribution in [2.75, 3.05) is 0 Å². The summed E-state index contributed by atoms with van der Waals surface area (Å²) in [6, 6.07) is 4.44. The van der Waals surface area contributed by atoms with Gasteiger partial charge in [0.25, 0.3) is 0 Å². The van der Waals surface area contributed by atoms with E-state index in [1.54, 1.807) is 6.20 Å². The van der Waals surface area contributed by atoms with Gasteiger partial charge in [0.2, 0.25) is 0 Å².